The number of hydrogen-bond donors (Lipinski definition) is 2. The van der Waals surface area contributed by atoms with E-state index in [9.17, 15) is 14.4 Å². The van der Waals surface area contributed by atoms with Gasteiger partial charge in [-0.2, -0.15) is 0 Å². The molecule has 2 N–H and O–H groups in total. The Bertz CT molecular complexity index is 1020. The highest BCUT2D eigenvalue weighted by Crippen LogP contribution is 2.16. The number of nitrogens with zero attached hydrogens (tertiary/aromatic N) is 1. The fourth-order valence-corrected chi connectivity index (χ4v) is 3.57. The summed E-state index contributed by atoms with van der Waals surface area (Å²) in [5.41, 5.74) is 0.900. The Kier molecular flexibility index (Phi) is 10.2. The Hall–Kier alpha value is -3.22. The Morgan fingerprint density at radius 1 is 0.941 bits per heavy atom. The number of carbonyl (C=O) groups excluding carboxylic acids is 3. The second-order valence-corrected chi connectivity index (χ2v) is 8.93. The first-order valence-electron chi connectivity index (χ1n) is 12.0. The highest BCUT2D eigenvalue weighted by atomic mass is 16.5. The van der Waals surface area contributed by atoms with Gasteiger partial charge in [-0.15, -0.1) is 0 Å². The Morgan fingerprint density at radius 2 is 1.62 bits per heavy atom. The largest absolute Gasteiger partial charge is 0.464 e. The smallest absolute Gasteiger partial charge is 0.328 e. The molecule has 1 unspecified atom stereocenters. The number of rotatable bonds is 11. The number of amides is 2. The minimum atomic E-state index is -0.803. The van der Waals surface area contributed by atoms with Crippen molar-refractivity contribution in [3.05, 3.63) is 48.0 Å². The summed E-state index contributed by atoms with van der Waals surface area (Å²) < 4.78 is 4.96. The maximum absolute atomic E-state index is 13.2. The van der Waals surface area contributed by atoms with Crippen LogP contribution in [0.5, 0.6) is 0 Å². The van der Waals surface area contributed by atoms with Gasteiger partial charge in [0.05, 0.1) is 6.61 Å². The van der Waals surface area contributed by atoms with Gasteiger partial charge in [-0.1, -0.05) is 70.5 Å². The first-order chi connectivity index (χ1) is 16.2. The summed E-state index contributed by atoms with van der Waals surface area (Å²) in [6.07, 6.45) is 2.39. The zero-order chi connectivity index (χ0) is 25.3. The summed E-state index contributed by atoms with van der Waals surface area (Å²) in [7, 11) is 0. The monoisotopic (exact) mass is 467 g/mol. The van der Waals surface area contributed by atoms with Crippen LogP contribution in [0.1, 0.15) is 53.5 Å². The molecule has 2 rings (SSSR count). The lowest BCUT2D eigenvalue weighted by Gasteiger charge is -2.27. The third-order valence-corrected chi connectivity index (χ3v) is 5.85. The van der Waals surface area contributed by atoms with Crippen molar-refractivity contribution < 1.29 is 19.1 Å². The third kappa shape index (κ3) is 7.40. The van der Waals surface area contributed by atoms with Gasteiger partial charge in [-0.05, 0) is 48.1 Å². The molecule has 4 atom stereocenters. The van der Waals surface area contributed by atoms with Crippen LogP contribution in [0.15, 0.2) is 47.5 Å². The summed E-state index contributed by atoms with van der Waals surface area (Å²) in [6.45, 7) is 11.2. The molecule has 34 heavy (non-hydrogen) atoms. The summed E-state index contributed by atoms with van der Waals surface area (Å²) in [5.74, 6) is -1.45. The van der Waals surface area contributed by atoms with Crippen LogP contribution in [0.2, 0.25) is 0 Å². The van der Waals surface area contributed by atoms with E-state index in [0.29, 0.717) is 6.42 Å². The maximum atomic E-state index is 13.2. The van der Waals surface area contributed by atoms with Gasteiger partial charge in [0.2, 0.25) is 11.8 Å². The molecule has 2 aromatic rings. The van der Waals surface area contributed by atoms with Gasteiger partial charge in [-0.25, -0.2) is 4.79 Å². The van der Waals surface area contributed by atoms with Crippen LogP contribution < -0.4 is 10.6 Å². The minimum absolute atomic E-state index is 0.0733. The van der Waals surface area contributed by atoms with E-state index < -0.39 is 30.0 Å². The van der Waals surface area contributed by atoms with Gasteiger partial charge in [0.1, 0.15) is 18.1 Å². The van der Waals surface area contributed by atoms with Crippen molar-refractivity contribution in [2.45, 2.75) is 66.1 Å². The topological polar surface area (TPSA) is 96.9 Å². The first kappa shape index (κ1) is 27.0. The molecular formula is C27H37N3O4. The predicted octanol–water partition coefficient (Wildman–Crippen LogP) is 3.88. The molecule has 0 aliphatic carbocycles. The Labute approximate surface area is 202 Å². The van der Waals surface area contributed by atoms with E-state index in [1.165, 1.54) is 0 Å². The van der Waals surface area contributed by atoms with Crippen LogP contribution in [0.3, 0.4) is 0 Å². The summed E-state index contributed by atoms with van der Waals surface area (Å²) in [5, 5.41) is 7.77. The molecule has 7 nitrogen and oxygen atoms in total. The molecule has 0 saturated heterocycles. The number of hydrogen-bond acceptors (Lipinski definition) is 5. The molecule has 0 aliphatic heterocycles. The van der Waals surface area contributed by atoms with E-state index in [1.54, 1.807) is 20.1 Å². The van der Waals surface area contributed by atoms with Crippen molar-refractivity contribution >= 4 is 34.8 Å². The van der Waals surface area contributed by atoms with Gasteiger partial charge < -0.3 is 15.4 Å². The maximum Gasteiger partial charge on any atom is 0.328 e. The summed E-state index contributed by atoms with van der Waals surface area (Å²) >= 11 is 0. The van der Waals surface area contributed by atoms with Gasteiger partial charge >= 0.3 is 5.97 Å². The molecule has 0 radical (unpaired) electrons. The average Bonchev–Trinajstić information content (AvgIpc) is 2.81. The minimum Gasteiger partial charge on any atom is -0.464 e. The quantitative estimate of drug-likeness (QED) is 0.387. The fourth-order valence-electron chi connectivity index (χ4n) is 3.57. The van der Waals surface area contributed by atoms with E-state index >= 15 is 0 Å². The summed E-state index contributed by atoms with van der Waals surface area (Å²) in [6, 6.07) is 11.8. The van der Waals surface area contributed by atoms with E-state index in [1.807, 2.05) is 70.2 Å². The highest BCUT2D eigenvalue weighted by Gasteiger charge is 2.31. The zero-order valence-electron chi connectivity index (χ0n) is 21.0. The SMILES string of the molecule is CCOC(=O)[C@H](C)NC(=O)[C@@H](NC(=O)[C@@H](N=Cc1ccc2ccccc2c1)C(C)C)C(C)CC. The van der Waals surface area contributed by atoms with Crippen molar-refractivity contribution in [3.63, 3.8) is 0 Å². The van der Waals surface area contributed by atoms with E-state index in [0.717, 1.165) is 16.3 Å². The molecule has 0 saturated carbocycles. The molecular weight excluding hydrogens is 430 g/mol. The standard InChI is InChI=1S/C27H37N3O4/c1-7-18(5)24(26(32)29-19(6)27(33)34-8-2)30-25(31)23(17(3)4)28-16-20-13-14-21-11-9-10-12-22(21)15-20/h9-19,23-24H,7-8H2,1-6H3,(H,29,32)(H,30,31)/t18?,19-,23-,24-/m0/s1. The van der Waals surface area contributed by atoms with Crippen molar-refractivity contribution in [2.75, 3.05) is 6.61 Å². The molecule has 2 aromatic carbocycles. The first-order valence-corrected chi connectivity index (χ1v) is 12.0. The second-order valence-electron chi connectivity index (χ2n) is 8.93. The number of carbonyl (C=O) groups is 3. The van der Waals surface area contributed by atoms with Crippen LogP contribution in [0, 0.1) is 11.8 Å². The number of nitrogens with one attached hydrogen (secondary N) is 2. The van der Waals surface area contributed by atoms with Gasteiger partial charge in [0.15, 0.2) is 0 Å². The van der Waals surface area contributed by atoms with Crippen LogP contribution in [0.25, 0.3) is 10.8 Å². The lowest BCUT2D eigenvalue weighted by molar-refractivity contribution is -0.147. The average molecular weight is 468 g/mol. The van der Waals surface area contributed by atoms with Gasteiger partial charge in [0.25, 0.3) is 0 Å². The molecule has 0 aliphatic rings. The van der Waals surface area contributed by atoms with Crippen LogP contribution in [-0.2, 0) is 19.1 Å². The molecule has 2 amide bonds. The number of fused-ring (bicyclic) bond motifs is 1. The van der Waals surface area contributed by atoms with Crippen molar-refractivity contribution in [1.29, 1.82) is 0 Å². The number of esters is 1. The van der Waals surface area contributed by atoms with Crippen LogP contribution in [-0.4, -0.2) is 48.7 Å². The number of benzene rings is 2. The Morgan fingerprint density at radius 3 is 2.24 bits per heavy atom. The lowest BCUT2D eigenvalue weighted by Crippen LogP contribution is -2.55. The normalized spacial score (nSPS) is 15.0. The van der Waals surface area contributed by atoms with E-state index in [-0.39, 0.29) is 24.3 Å². The fraction of sp³-hybridized carbons (Fsp3) is 0.481. The molecule has 7 heteroatoms. The molecule has 0 heterocycles. The second kappa shape index (κ2) is 12.9. The van der Waals surface area contributed by atoms with Crippen molar-refractivity contribution in [3.8, 4) is 0 Å². The van der Waals surface area contributed by atoms with Crippen molar-refractivity contribution in [1.82, 2.24) is 10.6 Å². The van der Waals surface area contributed by atoms with E-state index in [2.05, 4.69) is 15.6 Å². The van der Waals surface area contributed by atoms with Gasteiger partial charge in [0, 0.05) is 6.21 Å². The summed E-state index contributed by atoms with van der Waals surface area (Å²) in [4.78, 5) is 42.6. The molecule has 0 fully saturated rings. The van der Waals surface area contributed by atoms with Crippen LogP contribution in [0.4, 0.5) is 0 Å². The van der Waals surface area contributed by atoms with E-state index in [4.69, 9.17) is 4.74 Å². The van der Waals surface area contributed by atoms with Crippen molar-refractivity contribution in [2.24, 2.45) is 16.8 Å². The lowest BCUT2D eigenvalue weighted by atomic mass is 9.96. The molecule has 0 aromatic heterocycles. The molecule has 184 valence electrons. The van der Waals surface area contributed by atoms with Gasteiger partial charge in [-0.3, -0.25) is 14.6 Å². The number of ether oxygens (including phenoxy) is 1. The highest BCUT2D eigenvalue weighted by molar-refractivity contribution is 5.94. The molecule has 0 spiro atoms. The molecule has 0 bridgehead atoms. The number of aliphatic imine (C=N–C) groups is 1. The third-order valence-electron chi connectivity index (χ3n) is 5.85. The predicted molar refractivity (Wildman–Crippen MR) is 136 cm³/mol. The Balaban J connectivity index is 2.16. The zero-order valence-corrected chi connectivity index (χ0v) is 21.0. The van der Waals surface area contributed by atoms with Crippen LogP contribution >= 0.6 is 0 Å².